The Kier molecular flexibility index (Phi) is 1.64. The maximum Gasteiger partial charge on any atom is 0.166 e. The largest absolute Gasteiger partial charge is 0.367 e. The van der Waals surface area contributed by atoms with Crippen LogP contribution in [0.4, 0.5) is 0 Å². The number of hydrogen-bond donors (Lipinski definition) is 1. The topological polar surface area (TPSA) is 57.4 Å². The summed E-state index contributed by atoms with van der Waals surface area (Å²) in [5.74, 6) is 0. The second-order valence-corrected chi connectivity index (χ2v) is 2.76. The van der Waals surface area contributed by atoms with Crippen molar-refractivity contribution in [3.05, 3.63) is 30.5 Å². The van der Waals surface area contributed by atoms with Crippen molar-refractivity contribution in [3.63, 3.8) is 0 Å². The molecular weight excluding hydrogens is 164 g/mol. The molecule has 0 bridgehead atoms. The summed E-state index contributed by atoms with van der Waals surface area (Å²) in [4.78, 5) is 6.92. The highest BCUT2D eigenvalue weighted by Gasteiger charge is 2.09. The van der Waals surface area contributed by atoms with E-state index in [0.29, 0.717) is 5.69 Å². The maximum atomic E-state index is 8.79. The molecule has 2 heterocycles. The van der Waals surface area contributed by atoms with Crippen molar-refractivity contribution in [2.45, 2.75) is 0 Å². The number of H-pyrrole nitrogens is 1. The molecule has 0 aliphatic rings. The zero-order valence-electron chi connectivity index (χ0n) is 7.15. The lowest BCUT2D eigenvalue weighted by molar-refractivity contribution is 0.921. The Morgan fingerprint density at radius 3 is 3.08 bits per heavy atom. The van der Waals surface area contributed by atoms with Crippen molar-refractivity contribution >= 4 is 0 Å². The van der Waals surface area contributed by atoms with E-state index in [2.05, 4.69) is 16.0 Å². The van der Waals surface area contributed by atoms with Crippen molar-refractivity contribution in [2.75, 3.05) is 0 Å². The molecule has 0 amide bonds. The number of nitrogens with one attached hydrogen (secondary N) is 1. The summed E-state index contributed by atoms with van der Waals surface area (Å²) in [6.07, 6.45) is 5.31. The molecule has 0 atom stereocenters. The molecule has 2 aromatic rings. The van der Waals surface area contributed by atoms with Gasteiger partial charge in [-0.25, -0.2) is 4.98 Å². The molecule has 0 spiro atoms. The highest BCUT2D eigenvalue weighted by atomic mass is 15.0. The van der Waals surface area contributed by atoms with Gasteiger partial charge in [-0.1, -0.05) is 0 Å². The normalized spacial score (nSPS) is 9.85. The van der Waals surface area contributed by atoms with Gasteiger partial charge >= 0.3 is 0 Å². The van der Waals surface area contributed by atoms with E-state index in [1.807, 2.05) is 30.1 Å². The Bertz CT molecular complexity index is 444. The van der Waals surface area contributed by atoms with Crippen LogP contribution in [-0.4, -0.2) is 14.5 Å². The van der Waals surface area contributed by atoms with Gasteiger partial charge in [0.25, 0.3) is 0 Å². The predicted octanol–water partition coefficient (Wildman–Crippen LogP) is 1.29. The van der Waals surface area contributed by atoms with Crippen LogP contribution in [0.3, 0.4) is 0 Å². The molecule has 4 nitrogen and oxygen atoms in total. The Hall–Kier alpha value is -2.02. The third-order valence-electron chi connectivity index (χ3n) is 1.91. The third kappa shape index (κ3) is 1.11. The fourth-order valence-corrected chi connectivity index (χ4v) is 1.32. The smallest absolute Gasteiger partial charge is 0.166 e. The van der Waals surface area contributed by atoms with Crippen molar-refractivity contribution < 1.29 is 0 Å². The molecule has 13 heavy (non-hydrogen) atoms. The minimum atomic E-state index is 0.460. The highest BCUT2D eigenvalue weighted by Crippen LogP contribution is 2.20. The first kappa shape index (κ1) is 7.62. The summed E-state index contributed by atoms with van der Waals surface area (Å²) in [6, 6.07) is 3.97. The van der Waals surface area contributed by atoms with Crippen molar-refractivity contribution in [1.82, 2.24) is 14.5 Å². The molecule has 2 aromatic heterocycles. The summed E-state index contributed by atoms with van der Waals surface area (Å²) in [5.41, 5.74) is 2.29. The Balaban J connectivity index is 2.64. The summed E-state index contributed by atoms with van der Waals surface area (Å²) in [5, 5.41) is 8.79. The van der Waals surface area contributed by atoms with Gasteiger partial charge in [-0.3, -0.25) is 0 Å². The molecule has 0 saturated carbocycles. The summed E-state index contributed by atoms with van der Waals surface area (Å²) < 4.78 is 1.84. The second-order valence-electron chi connectivity index (χ2n) is 2.76. The summed E-state index contributed by atoms with van der Waals surface area (Å²) in [7, 11) is 1.87. The lowest BCUT2D eigenvalue weighted by Gasteiger charge is -1.97. The monoisotopic (exact) mass is 172 g/mol. The number of rotatable bonds is 1. The van der Waals surface area contributed by atoms with E-state index in [4.69, 9.17) is 5.26 Å². The number of nitriles is 1. The molecule has 0 unspecified atom stereocenters. The first-order valence-electron chi connectivity index (χ1n) is 3.87. The minimum absolute atomic E-state index is 0.460. The molecule has 1 N–H and O–H groups in total. The van der Waals surface area contributed by atoms with Gasteiger partial charge in [0.05, 0.1) is 12.0 Å². The fraction of sp³-hybridized carbons (Fsp3) is 0.111. The lowest BCUT2D eigenvalue weighted by atomic mass is 10.2. The van der Waals surface area contributed by atoms with Gasteiger partial charge in [-0.2, -0.15) is 5.26 Å². The first-order valence-corrected chi connectivity index (χ1v) is 3.87. The maximum absolute atomic E-state index is 8.79. The van der Waals surface area contributed by atoms with E-state index in [-0.39, 0.29) is 0 Å². The Morgan fingerprint density at radius 2 is 2.46 bits per heavy atom. The van der Waals surface area contributed by atoms with Crippen LogP contribution in [0, 0.1) is 11.3 Å². The van der Waals surface area contributed by atoms with E-state index in [1.165, 1.54) is 0 Å². The first-order chi connectivity index (χ1) is 6.33. The van der Waals surface area contributed by atoms with Gasteiger partial charge in [0.2, 0.25) is 0 Å². The number of nitrogens with zero attached hydrogens (tertiary/aromatic N) is 3. The van der Waals surface area contributed by atoms with Gasteiger partial charge in [0, 0.05) is 25.0 Å². The molecule has 0 saturated heterocycles. The third-order valence-corrected chi connectivity index (χ3v) is 1.91. The highest BCUT2D eigenvalue weighted by molar-refractivity contribution is 5.64. The quantitative estimate of drug-likeness (QED) is 0.704. The summed E-state index contributed by atoms with van der Waals surface area (Å²) >= 11 is 0. The van der Waals surface area contributed by atoms with E-state index in [9.17, 15) is 0 Å². The number of aromatic nitrogens is 3. The molecule has 0 aliphatic heterocycles. The van der Waals surface area contributed by atoms with Crippen molar-refractivity contribution in [1.29, 1.82) is 5.26 Å². The standard InChI is InChI=1S/C9H8N4/c1-13-6-12-8(4-10)9(13)7-2-3-11-5-7/h2-3,5-6,11H,1H3. The number of aromatic amines is 1. The second kappa shape index (κ2) is 2.79. The van der Waals surface area contributed by atoms with Gasteiger partial charge in [0.1, 0.15) is 6.07 Å². The van der Waals surface area contributed by atoms with Gasteiger partial charge < -0.3 is 9.55 Å². The van der Waals surface area contributed by atoms with Gasteiger partial charge in [-0.15, -0.1) is 0 Å². The Labute approximate surface area is 75.5 Å². The van der Waals surface area contributed by atoms with Gasteiger partial charge in [-0.05, 0) is 6.07 Å². The van der Waals surface area contributed by atoms with Crippen LogP contribution in [0.1, 0.15) is 5.69 Å². The van der Waals surface area contributed by atoms with E-state index in [1.54, 1.807) is 6.33 Å². The molecule has 64 valence electrons. The molecule has 0 aromatic carbocycles. The number of aryl methyl sites for hydroxylation is 1. The van der Waals surface area contributed by atoms with Crippen molar-refractivity contribution in [3.8, 4) is 17.3 Å². The fourth-order valence-electron chi connectivity index (χ4n) is 1.32. The minimum Gasteiger partial charge on any atom is -0.367 e. The SMILES string of the molecule is Cn1cnc(C#N)c1-c1cc[nH]c1. The van der Waals surface area contributed by atoms with Crippen LogP contribution in [0.2, 0.25) is 0 Å². The molecule has 2 rings (SSSR count). The average Bonchev–Trinajstić information content (AvgIpc) is 2.72. The lowest BCUT2D eigenvalue weighted by Crippen LogP contribution is -1.89. The zero-order chi connectivity index (χ0) is 9.26. The van der Waals surface area contributed by atoms with Crippen LogP contribution < -0.4 is 0 Å². The zero-order valence-corrected chi connectivity index (χ0v) is 7.15. The number of imidazole rings is 1. The van der Waals surface area contributed by atoms with Gasteiger partial charge in [0.15, 0.2) is 5.69 Å². The van der Waals surface area contributed by atoms with Crippen molar-refractivity contribution in [2.24, 2.45) is 7.05 Å². The van der Waals surface area contributed by atoms with Crippen LogP contribution in [0.15, 0.2) is 24.8 Å². The predicted molar refractivity (Wildman–Crippen MR) is 47.7 cm³/mol. The molecule has 4 heteroatoms. The number of hydrogen-bond acceptors (Lipinski definition) is 2. The summed E-state index contributed by atoms with van der Waals surface area (Å²) in [6.45, 7) is 0. The van der Waals surface area contributed by atoms with Crippen LogP contribution in [-0.2, 0) is 7.05 Å². The molecular formula is C9H8N4. The van der Waals surface area contributed by atoms with E-state index >= 15 is 0 Å². The molecule has 0 fully saturated rings. The average molecular weight is 172 g/mol. The van der Waals surface area contributed by atoms with Crippen LogP contribution >= 0.6 is 0 Å². The van der Waals surface area contributed by atoms with E-state index < -0.39 is 0 Å². The van der Waals surface area contributed by atoms with E-state index in [0.717, 1.165) is 11.3 Å². The molecule has 0 aliphatic carbocycles. The molecule has 0 radical (unpaired) electrons. The van der Waals surface area contributed by atoms with Crippen LogP contribution in [0.5, 0.6) is 0 Å². The Morgan fingerprint density at radius 1 is 1.62 bits per heavy atom. The van der Waals surface area contributed by atoms with Crippen LogP contribution in [0.25, 0.3) is 11.3 Å².